The van der Waals surface area contributed by atoms with Crippen LogP contribution >= 0.6 is 11.6 Å². The molecule has 0 saturated carbocycles. The van der Waals surface area contributed by atoms with Crippen LogP contribution in [0.25, 0.3) is 0 Å². The Morgan fingerprint density at radius 3 is 2.24 bits per heavy atom. The minimum absolute atomic E-state index is 0.0123. The summed E-state index contributed by atoms with van der Waals surface area (Å²) in [5, 5.41) is -0.509. The Labute approximate surface area is 111 Å². The van der Waals surface area contributed by atoms with Gasteiger partial charge in [-0.1, -0.05) is 20.8 Å². The number of rotatable bonds is 2. The van der Waals surface area contributed by atoms with Gasteiger partial charge in [-0.25, -0.2) is 0 Å². The zero-order chi connectivity index (χ0) is 13.4. The van der Waals surface area contributed by atoms with Gasteiger partial charge in [-0.3, -0.25) is 4.79 Å². The van der Waals surface area contributed by atoms with Crippen molar-refractivity contribution >= 4 is 27.3 Å². The second-order valence-electron chi connectivity index (χ2n) is 5.20. The average molecular weight is 268 g/mol. The molecule has 0 atom stereocenters. The summed E-state index contributed by atoms with van der Waals surface area (Å²) in [6.07, 6.45) is 0. The minimum atomic E-state index is -0.509. The topological polar surface area (TPSA) is 26.3 Å². The molecule has 0 heterocycles. The van der Waals surface area contributed by atoms with Crippen LogP contribution in [0, 0.1) is 13.8 Å². The highest BCUT2D eigenvalue weighted by atomic mass is 35.5. The third-order valence-electron chi connectivity index (χ3n) is 2.78. The van der Waals surface area contributed by atoms with Crippen LogP contribution in [-0.2, 0) is 5.41 Å². The quantitative estimate of drug-likeness (QED) is 0.606. The maximum Gasteiger partial charge on any atom is 0.341 e. The van der Waals surface area contributed by atoms with Crippen LogP contribution < -0.4 is 4.43 Å². The summed E-state index contributed by atoms with van der Waals surface area (Å²) in [5.41, 5.74) is 3.54. The van der Waals surface area contributed by atoms with E-state index in [9.17, 15) is 4.79 Å². The first-order valence-electron chi connectivity index (χ1n) is 5.38. The van der Waals surface area contributed by atoms with Gasteiger partial charge in [0.05, 0.1) is 5.56 Å². The zero-order valence-electron chi connectivity index (χ0n) is 10.8. The Hall–Kier alpha value is -0.803. The number of carbonyl (C=O) groups excluding carboxylic acids is 1. The maximum absolute atomic E-state index is 11.4. The van der Waals surface area contributed by atoms with E-state index in [4.69, 9.17) is 16.0 Å². The van der Waals surface area contributed by atoms with E-state index in [1.807, 2.05) is 13.8 Å². The fourth-order valence-corrected chi connectivity index (χ4v) is 2.80. The second-order valence-corrected chi connectivity index (χ2v) is 5.74. The zero-order valence-corrected chi connectivity index (χ0v) is 12.5. The molecule has 17 heavy (non-hydrogen) atoms. The summed E-state index contributed by atoms with van der Waals surface area (Å²) >= 11 is 5.56. The van der Waals surface area contributed by atoms with E-state index in [0.717, 1.165) is 11.1 Å². The van der Waals surface area contributed by atoms with Gasteiger partial charge in [-0.2, -0.15) is 0 Å². The van der Waals surface area contributed by atoms with Crippen LogP contribution in [-0.4, -0.2) is 15.7 Å². The van der Waals surface area contributed by atoms with Crippen LogP contribution in [0.1, 0.15) is 47.8 Å². The SMILES string of the molecule is Cc1cc(C(=O)Cl)c(O[Si])c(C)c1C(C)(C)C. The fraction of sp³-hybridized carbons (Fsp3) is 0.462. The van der Waals surface area contributed by atoms with Crippen LogP contribution in [0.5, 0.6) is 5.75 Å². The number of benzene rings is 1. The molecule has 91 valence electrons. The van der Waals surface area contributed by atoms with E-state index in [1.54, 1.807) is 6.07 Å². The molecule has 1 aromatic rings. The van der Waals surface area contributed by atoms with E-state index >= 15 is 0 Å². The monoisotopic (exact) mass is 267 g/mol. The Bertz CT molecular complexity index is 461. The van der Waals surface area contributed by atoms with Gasteiger partial charge < -0.3 is 4.43 Å². The molecule has 2 nitrogen and oxygen atoms in total. The van der Waals surface area contributed by atoms with E-state index in [-0.39, 0.29) is 5.41 Å². The highest BCUT2D eigenvalue weighted by Gasteiger charge is 2.24. The molecule has 0 unspecified atom stereocenters. The first-order valence-corrected chi connectivity index (χ1v) is 6.16. The molecule has 1 rings (SSSR count). The molecule has 0 aliphatic carbocycles. The van der Waals surface area contributed by atoms with Crippen molar-refractivity contribution in [2.24, 2.45) is 0 Å². The van der Waals surface area contributed by atoms with Crippen LogP contribution in [0.3, 0.4) is 0 Å². The molecule has 0 N–H and O–H groups in total. The Morgan fingerprint density at radius 1 is 1.35 bits per heavy atom. The van der Waals surface area contributed by atoms with Gasteiger partial charge in [0.2, 0.25) is 0 Å². The fourth-order valence-electron chi connectivity index (χ4n) is 2.40. The number of hydrogen-bond acceptors (Lipinski definition) is 2. The van der Waals surface area contributed by atoms with Gasteiger partial charge in [0.25, 0.3) is 5.24 Å². The molecule has 0 aromatic heterocycles. The van der Waals surface area contributed by atoms with E-state index < -0.39 is 5.24 Å². The molecule has 1 aromatic carbocycles. The van der Waals surface area contributed by atoms with Crippen molar-refractivity contribution in [2.45, 2.75) is 40.0 Å². The van der Waals surface area contributed by atoms with E-state index in [2.05, 4.69) is 31.3 Å². The van der Waals surface area contributed by atoms with Gasteiger partial charge in [-0.05, 0) is 53.6 Å². The molecule has 0 bridgehead atoms. The number of aryl methyl sites for hydroxylation is 1. The summed E-state index contributed by atoms with van der Waals surface area (Å²) in [7, 11) is 2.99. The van der Waals surface area contributed by atoms with Gasteiger partial charge in [0.1, 0.15) is 5.75 Å². The highest BCUT2D eigenvalue weighted by Crippen LogP contribution is 2.36. The molecular formula is C13H16ClO2Si. The molecular weight excluding hydrogens is 252 g/mol. The van der Waals surface area contributed by atoms with Crippen LogP contribution in [0.15, 0.2) is 6.07 Å². The molecule has 0 aliphatic rings. The normalized spacial score (nSPS) is 11.5. The lowest BCUT2D eigenvalue weighted by molar-refractivity contribution is 0.107. The van der Waals surface area contributed by atoms with Gasteiger partial charge in [0.15, 0.2) is 0 Å². The molecule has 3 radical (unpaired) electrons. The van der Waals surface area contributed by atoms with Crippen molar-refractivity contribution in [3.05, 3.63) is 28.3 Å². The predicted molar refractivity (Wildman–Crippen MR) is 71.2 cm³/mol. The number of hydrogen-bond donors (Lipinski definition) is 0. The summed E-state index contributed by atoms with van der Waals surface area (Å²) < 4.78 is 5.13. The minimum Gasteiger partial charge on any atom is -0.540 e. The molecule has 0 aliphatic heterocycles. The first kappa shape index (κ1) is 14.3. The summed E-state index contributed by atoms with van der Waals surface area (Å²) in [5.74, 6) is 0.497. The second kappa shape index (κ2) is 4.82. The summed E-state index contributed by atoms with van der Waals surface area (Å²) in [6, 6.07) is 1.78. The lowest BCUT2D eigenvalue weighted by Crippen LogP contribution is -2.17. The largest absolute Gasteiger partial charge is 0.540 e. The van der Waals surface area contributed by atoms with E-state index in [1.165, 1.54) is 5.56 Å². The summed E-state index contributed by atoms with van der Waals surface area (Å²) in [6.45, 7) is 10.3. The Morgan fingerprint density at radius 2 is 1.88 bits per heavy atom. The van der Waals surface area contributed by atoms with Crippen LogP contribution in [0.2, 0.25) is 0 Å². The molecule has 0 fully saturated rings. The molecule has 0 spiro atoms. The maximum atomic E-state index is 11.4. The van der Waals surface area contributed by atoms with Crippen molar-refractivity contribution in [1.29, 1.82) is 0 Å². The van der Waals surface area contributed by atoms with Crippen molar-refractivity contribution < 1.29 is 9.22 Å². The highest BCUT2D eigenvalue weighted by molar-refractivity contribution is 6.68. The molecule has 0 saturated heterocycles. The Balaban J connectivity index is 3.64. The van der Waals surface area contributed by atoms with Crippen molar-refractivity contribution in [3.8, 4) is 5.75 Å². The van der Waals surface area contributed by atoms with Gasteiger partial charge >= 0.3 is 10.5 Å². The van der Waals surface area contributed by atoms with Crippen molar-refractivity contribution in [3.63, 3.8) is 0 Å². The molecule has 4 heteroatoms. The first-order chi connectivity index (χ1) is 7.70. The predicted octanol–water partition coefficient (Wildman–Crippen LogP) is 3.44. The standard InChI is InChI=1S/C13H16ClO2Si/c1-7-6-9(12(14)15)11(16-17)8(2)10(7)13(3,4)5/h6H,1-5H3. The van der Waals surface area contributed by atoms with Crippen molar-refractivity contribution in [1.82, 2.24) is 0 Å². The third kappa shape index (κ3) is 2.72. The van der Waals surface area contributed by atoms with Crippen molar-refractivity contribution in [2.75, 3.05) is 0 Å². The van der Waals surface area contributed by atoms with Gasteiger partial charge in [0, 0.05) is 0 Å². The lowest BCUT2D eigenvalue weighted by atomic mass is 9.80. The smallest absolute Gasteiger partial charge is 0.341 e. The van der Waals surface area contributed by atoms with Gasteiger partial charge in [-0.15, -0.1) is 0 Å². The molecule has 0 amide bonds. The summed E-state index contributed by atoms with van der Waals surface area (Å²) in [4.78, 5) is 11.4. The van der Waals surface area contributed by atoms with E-state index in [0.29, 0.717) is 11.3 Å². The third-order valence-corrected chi connectivity index (χ3v) is 3.19. The van der Waals surface area contributed by atoms with Crippen LogP contribution in [0.4, 0.5) is 0 Å². The lowest BCUT2D eigenvalue weighted by Gasteiger charge is -2.26. The average Bonchev–Trinajstić information content (AvgIpc) is 2.14. The number of halogens is 1. The number of carbonyl (C=O) groups is 1. The Kier molecular flexibility index (Phi) is 4.05.